The minimum Gasteiger partial charge on any atom is -0.301 e. The number of aromatic nitrogens is 3. The van der Waals surface area contributed by atoms with Crippen LogP contribution in [0.25, 0.3) is 21.5 Å². The van der Waals surface area contributed by atoms with E-state index in [9.17, 15) is 9.59 Å². The van der Waals surface area contributed by atoms with Crippen molar-refractivity contribution in [3.05, 3.63) is 38.6 Å². The van der Waals surface area contributed by atoms with Gasteiger partial charge in [-0.1, -0.05) is 39.5 Å². The SMILES string of the molecule is Cc1ccc(-c2c3c(nc4nc(SCCC(C)C)[nH]c(=O)c24)CC(C)(C)CC3=O)s1. The Labute approximate surface area is 184 Å². The number of hydrogen-bond acceptors (Lipinski definition) is 6. The molecule has 0 amide bonds. The van der Waals surface area contributed by atoms with Crippen LogP contribution in [0.4, 0.5) is 0 Å². The standard InChI is InChI=1S/C23H27N3O2S2/c1-12(2)8-9-29-22-25-20-19(21(28)26-22)18(16-7-6-13(3)30-16)17-14(24-20)10-23(4,5)11-15(17)27/h6-7,12H,8-11H2,1-5H3,(H,24,25,26,28). The van der Waals surface area contributed by atoms with Crippen molar-refractivity contribution in [2.45, 2.75) is 59.0 Å². The van der Waals surface area contributed by atoms with E-state index in [2.05, 4.69) is 32.7 Å². The zero-order valence-electron chi connectivity index (χ0n) is 18.1. The molecule has 1 N–H and O–H groups in total. The predicted octanol–water partition coefficient (Wildman–Crippen LogP) is 5.65. The summed E-state index contributed by atoms with van der Waals surface area (Å²) in [6.45, 7) is 10.6. The molecule has 158 valence electrons. The molecule has 0 aliphatic heterocycles. The Morgan fingerprint density at radius 3 is 2.60 bits per heavy atom. The monoisotopic (exact) mass is 441 g/mol. The molecule has 0 saturated heterocycles. The highest BCUT2D eigenvalue weighted by molar-refractivity contribution is 7.99. The molecule has 3 aromatic rings. The van der Waals surface area contributed by atoms with Crippen molar-refractivity contribution in [3.63, 3.8) is 0 Å². The van der Waals surface area contributed by atoms with Gasteiger partial charge in [0.2, 0.25) is 0 Å². The normalized spacial score (nSPS) is 15.7. The van der Waals surface area contributed by atoms with Gasteiger partial charge >= 0.3 is 0 Å². The molecular weight excluding hydrogens is 414 g/mol. The minimum absolute atomic E-state index is 0.0616. The lowest BCUT2D eigenvalue weighted by molar-refractivity contribution is 0.0911. The Bertz CT molecular complexity index is 1190. The highest BCUT2D eigenvalue weighted by Crippen LogP contribution is 2.42. The summed E-state index contributed by atoms with van der Waals surface area (Å²) in [7, 11) is 0. The topological polar surface area (TPSA) is 75.7 Å². The first-order valence-corrected chi connectivity index (χ1v) is 12.1. The van der Waals surface area contributed by atoms with Crippen molar-refractivity contribution >= 4 is 39.9 Å². The number of nitrogens with zero attached hydrogens (tertiary/aromatic N) is 2. The molecule has 30 heavy (non-hydrogen) atoms. The van der Waals surface area contributed by atoms with Crippen LogP contribution in [0.1, 0.15) is 61.5 Å². The molecule has 0 aromatic carbocycles. The number of hydrogen-bond donors (Lipinski definition) is 1. The van der Waals surface area contributed by atoms with E-state index in [0.717, 1.165) is 27.6 Å². The summed E-state index contributed by atoms with van der Waals surface area (Å²) < 4.78 is 0. The molecule has 0 saturated carbocycles. The highest BCUT2D eigenvalue weighted by atomic mass is 32.2. The first kappa shape index (κ1) is 21.2. The Kier molecular flexibility index (Phi) is 5.62. The molecule has 0 atom stereocenters. The maximum Gasteiger partial charge on any atom is 0.261 e. The van der Waals surface area contributed by atoms with E-state index >= 15 is 0 Å². The number of pyridine rings is 1. The number of aryl methyl sites for hydroxylation is 1. The molecule has 0 radical (unpaired) electrons. The minimum atomic E-state index is -0.221. The third-order valence-corrected chi connectivity index (χ3v) is 7.32. The number of carbonyl (C=O) groups is 1. The molecule has 0 unspecified atom stereocenters. The first-order chi connectivity index (χ1) is 14.1. The maximum absolute atomic E-state index is 13.2. The molecule has 1 aliphatic rings. The third-order valence-electron chi connectivity index (χ3n) is 5.39. The molecule has 3 aromatic heterocycles. The lowest BCUT2D eigenvalue weighted by Crippen LogP contribution is -2.29. The number of Topliss-reactive ketones (excluding diaryl/α,β-unsaturated/α-hetero) is 1. The largest absolute Gasteiger partial charge is 0.301 e. The molecule has 0 spiro atoms. The lowest BCUT2D eigenvalue weighted by atomic mass is 9.74. The number of ketones is 1. The lowest BCUT2D eigenvalue weighted by Gasteiger charge is -2.30. The zero-order chi connectivity index (χ0) is 21.6. The van der Waals surface area contributed by atoms with Crippen LogP contribution in [0.5, 0.6) is 0 Å². The fourth-order valence-electron chi connectivity index (χ4n) is 3.94. The molecule has 1 aliphatic carbocycles. The van der Waals surface area contributed by atoms with Gasteiger partial charge in [0.1, 0.15) is 0 Å². The van der Waals surface area contributed by atoms with Crippen molar-refractivity contribution in [2.75, 3.05) is 5.75 Å². The van der Waals surface area contributed by atoms with E-state index in [-0.39, 0.29) is 16.8 Å². The second-order valence-electron chi connectivity index (χ2n) is 9.26. The van der Waals surface area contributed by atoms with Gasteiger partial charge in [0.25, 0.3) is 5.56 Å². The molecule has 5 nitrogen and oxygen atoms in total. The van der Waals surface area contributed by atoms with Gasteiger partial charge in [-0.25, -0.2) is 9.97 Å². The molecule has 0 fully saturated rings. The van der Waals surface area contributed by atoms with Gasteiger partial charge in [0.05, 0.1) is 11.1 Å². The number of nitrogens with one attached hydrogen (secondary N) is 1. The van der Waals surface area contributed by atoms with Gasteiger partial charge in [-0.15, -0.1) is 11.3 Å². The Morgan fingerprint density at radius 2 is 1.93 bits per heavy atom. The van der Waals surface area contributed by atoms with Crippen LogP contribution < -0.4 is 5.56 Å². The van der Waals surface area contributed by atoms with Crippen molar-refractivity contribution < 1.29 is 4.79 Å². The molecular formula is C23H27N3O2S2. The van der Waals surface area contributed by atoms with E-state index in [1.165, 1.54) is 0 Å². The summed E-state index contributed by atoms with van der Waals surface area (Å²) >= 11 is 3.14. The number of H-pyrrole nitrogens is 1. The fraction of sp³-hybridized carbons (Fsp3) is 0.478. The van der Waals surface area contributed by atoms with Gasteiger partial charge < -0.3 is 4.98 Å². The average molecular weight is 442 g/mol. The summed E-state index contributed by atoms with van der Waals surface area (Å²) in [6.07, 6.45) is 2.21. The second kappa shape index (κ2) is 7.93. The number of thiophene rings is 1. The van der Waals surface area contributed by atoms with Crippen LogP contribution >= 0.6 is 23.1 Å². The van der Waals surface area contributed by atoms with Crippen molar-refractivity contribution in [2.24, 2.45) is 11.3 Å². The van der Waals surface area contributed by atoms with Crippen LogP contribution in [-0.4, -0.2) is 26.5 Å². The van der Waals surface area contributed by atoms with Crippen LogP contribution in [0.15, 0.2) is 22.1 Å². The number of rotatable bonds is 5. The van der Waals surface area contributed by atoms with Gasteiger partial charge in [0, 0.05) is 33.1 Å². The number of carbonyl (C=O) groups excluding carboxylic acids is 1. The van der Waals surface area contributed by atoms with Gasteiger partial charge in [-0.3, -0.25) is 9.59 Å². The van der Waals surface area contributed by atoms with Gasteiger partial charge in [-0.2, -0.15) is 0 Å². The van der Waals surface area contributed by atoms with E-state index in [1.54, 1.807) is 23.1 Å². The van der Waals surface area contributed by atoms with Crippen LogP contribution in [-0.2, 0) is 6.42 Å². The summed E-state index contributed by atoms with van der Waals surface area (Å²) in [5.41, 5.74) is 2.15. The second-order valence-corrected chi connectivity index (χ2v) is 11.6. The predicted molar refractivity (Wildman–Crippen MR) is 125 cm³/mol. The first-order valence-electron chi connectivity index (χ1n) is 10.3. The quantitative estimate of drug-likeness (QED) is 0.409. The molecule has 7 heteroatoms. The fourth-order valence-corrected chi connectivity index (χ4v) is 5.97. The van der Waals surface area contributed by atoms with E-state index in [1.807, 2.05) is 19.1 Å². The van der Waals surface area contributed by atoms with E-state index in [4.69, 9.17) is 9.97 Å². The van der Waals surface area contributed by atoms with Crippen LogP contribution in [0.3, 0.4) is 0 Å². The zero-order valence-corrected chi connectivity index (χ0v) is 19.7. The summed E-state index contributed by atoms with van der Waals surface area (Å²) in [6, 6.07) is 4.01. The van der Waals surface area contributed by atoms with Crippen LogP contribution in [0, 0.1) is 18.3 Å². The third kappa shape index (κ3) is 4.10. The van der Waals surface area contributed by atoms with Gasteiger partial charge in [0.15, 0.2) is 16.6 Å². The average Bonchev–Trinajstić information content (AvgIpc) is 3.04. The van der Waals surface area contributed by atoms with Crippen molar-refractivity contribution in [3.8, 4) is 10.4 Å². The van der Waals surface area contributed by atoms with Crippen molar-refractivity contribution in [1.82, 2.24) is 15.0 Å². The number of fused-ring (bicyclic) bond motifs is 2. The highest BCUT2D eigenvalue weighted by Gasteiger charge is 2.36. The van der Waals surface area contributed by atoms with Gasteiger partial charge in [-0.05, 0) is 43.2 Å². The smallest absolute Gasteiger partial charge is 0.261 e. The Balaban J connectivity index is 1.95. The van der Waals surface area contributed by atoms with Crippen molar-refractivity contribution in [1.29, 1.82) is 0 Å². The van der Waals surface area contributed by atoms with E-state index in [0.29, 0.717) is 46.1 Å². The summed E-state index contributed by atoms with van der Waals surface area (Å²) in [5, 5.41) is 1.02. The number of aromatic amines is 1. The van der Waals surface area contributed by atoms with E-state index < -0.39 is 0 Å². The molecule has 3 heterocycles. The number of thioether (sulfide) groups is 1. The Morgan fingerprint density at radius 1 is 1.17 bits per heavy atom. The summed E-state index contributed by atoms with van der Waals surface area (Å²) in [4.78, 5) is 40.8. The summed E-state index contributed by atoms with van der Waals surface area (Å²) in [5.74, 6) is 1.54. The Hall–Kier alpha value is -1.99. The van der Waals surface area contributed by atoms with Crippen LogP contribution in [0.2, 0.25) is 0 Å². The maximum atomic E-state index is 13.2. The molecule has 0 bridgehead atoms. The molecule has 4 rings (SSSR count).